The number of nitrogens with one attached hydrogen (secondary N) is 1. The molecule has 2 saturated heterocycles. The molecule has 0 aromatic carbocycles. The van der Waals surface area contributed by atoms with Gasteiger partial charge >= 0.3 is 0 Å². The van der Waals surface area contributed by atoms with E-state index < -0.39 is 0 Å². The zero-order valence-electron chi connectivity index (χ0n) is 11.4. The Balaban J connectivity index is 1.88. The number of hydrogen-bond acceptors (Lipinski definition) is 4. The predicted molar refractivity (Wildman–Crippen MR) is 68.4 cm³/mol. The Bertz CT molecular complexity index is 279. The minimum Gasteiger partial charge on any atom is -0.378 e. The van der Waals surface area contributed by atoms with Gasteiger partial charge in [0.2, 0.25) is 5.91 Å². The summed E-state index contributed by atoms with van der Waals surface area (Å²) in [6.07, 6.45) is 1.63. The summed E-state index contributed by atoms with van der Waals surface area (Å²) in [6.45, 7) is 7.73. The lowest BCUT2D eigenvalue weighted by atomic mass is 10.1. The summed E-state index contributed by atoms with van der Waals surface area (Å²) >= 11 is 0. The van der Waals surface area contributed by atoms with Crippen LogP contribution in [0.15, 0.2) is 0 Å². The summed E-state index contributed by atoms with van der Waals surface area (Å²) in [5, 5.41) is 3.33. The molecule has 18 heavy (non-hydrogen) atoms. The Morgan fingerprint density at radius 1 is 1.44 bits per heavy atom. The highest BCUT2D eigenvalue weighted by molar-refractivity contribution is 5.77. The van der Waals surface area contributed by atoms with Crippen LogP contribution in [0.3, 0.4) is 0 Å². The van der Waals surface area contributed by atoms with E-state index in [2.05, 4.69) is 12.2 Å². The topological polar surface area (TPSA) is 50.8 Å². The standard InChI is InChI=1S/C13H24N2O3/c1-3-12-9-18-10(2)7-15(12)13(16)6-11-8-17-5-4-14-11/h10-12,14H,3-9H2,1-2H3. The van der Waals surface area contributed by atoms with Gasteiger partial charge in [-0.25, -0.2) is 0 Å². The van der Waals surface area contributed by atoms with Crippen LogP contribution in [0, 0.1) is 0 Å². The maximum absolute atomic E-state index is 12.4. The van der Waals surface area contributed by atoms with Crippen molar-refractivity contribution in [3.05, 3.63) is 0 Å². The first-order chi connectivity index (χ1) is 8.70. The first-order valence-electron chi connectivity index (χ1n) is 6.93. The molecule has 0 saturated carbocycles. The minimum atomic E-state index is 0.146. The third-order valence-corrected chi connectivity index (χ3v) is 3.68. The second kappa shape index (κ2) is 6.50. The molecule has 0 aliphatic carbocycles. The SMILES string of the molecule is CCC1COC(C)CN1C(=O)CC1COCCN1. The van der Waals surface area contributed by atoms with Crippen molar-refractivity contribution in [3.63, 3.8) is 0 Å². The Hall–Kier alpha value is -0.650. The Labute approximate surface area is 109 Å². The van der Waals surface area contributed by atoms with Gasteiger partial charge in [-0.15, -0.1) is 0 Å². The van der Waals surface area contributed by atoms with Crippen molar-refractivity contribution < 1.29 is 14.3 Å². The average molecular weight is 256 g/mol. The molecule has 5 nitrogen and oxygen atoms in total. The number of carbonyl (C=O) groups is 1. The Morgan fingerprint density at radius 2 is 2.28 bits per heavy atom. The molecule has 104 valence electrons. The van der Waals surface area contributed by atoms with Gasteiger partial charge in [0.1, 0.15) is 0 Å². The molecule has 0 aromatic rings. The van der Waals surface area contributed by atoms with Crippen molar-refractivity contribution in [3.8, 4) is 0 Å². The van der Waals surface area contributed by atoms with Crippen LogP contribution in [-0.4, -0.2) is 61.9 Å². The minimum absolute atomic E-state index is 0.146. The molecule has 2 rings (SSSR count). The Morgan fingerprint density at radius 3 is 2.94 bits per heavy atom. The van der Waals surface area contributed by atoms with Crippen LogP contribution in [-0.2, 0) is 14.3 Å². The molecule has 2 aliphatic heterocycles. The largest absolute Gasteiger partial charge is 0.378 e. The molecule has 3 atom stereocenters. The van der Waals surface area contributed by atoms with Gasteiger partial charge in [-0.3, -0.25) is 4.79 Å². The van der Waals surface area contributed by atoms with Gasteiger partial charge in [-0.05, 0) is 13.3 Å². The van der Waals surface area contributed by atoms with Crippen LogP contribution < -0.4 is 5.32 Å². The van der Waals surface area contributed by atoms with E-state index in [0.717, 1.165) is 19.6 Å². The van der Waals surface area contributed by atoms with Gasteiger partial charge in [0.05, 0.1) is 32.0 Å². The van der Waals surface area contributed by atoms with Crippen molar-refractivity contribution in [2.24, 2.45) is 0 Å². The van der Waals surface area contributed by atoms with E-state index in [-0.39, 0.29) is 24.1 Å². The van der Waals surface area contributed by atoms with Crippen LogP contribution in [0.1, 0.15) is 26.7 Å². The highest BCUT2D eigenvalue weighted by Crippen LogP contribution is 2.16. The Kier molecular flexibility index (Phi) is 4.97. The first-order valence-corrected chi connectivity index (χ1v) is 6.93. The molecule has 0 spiro atoms. The first kappa shape index (κ1) is 13.8. The zero-order chi connectivity index (χ0) is 13.0. The normalized spacial score (nSPS) is 33.4. The van der Waals surface area contributed by atoms with Crippen LogP contribution in [0.5, 0.6) is 0 Å². The lowest BCUT2D eigenvalue weighted by Crippen LogP contribution is -2.53. The lowest BCUT2D eigenvalue weighted by Gasteiger charge is -2.39. The molecule has 2 aliphatic rings. The summed E-state index contributed by atoms with van der Waals surface area (Å²) < 4.78 is 11.0. The number of rotatable bonds is 3. The maximum Gasteiger partial charge on any atom is 0.224 e. The van der Waals surface area contributed by atoms with Crippen LogP contribution in [0.4, 0.5) is 0 Å². The summed E-state index contributed by atoms with van der Waals surface area (Å²) in [7, 11) is 0. The lowest BCUT2D eigenvalue weighted by molar-refractivity contribution is -0.145. The second-order valence-corrected chi connectivity index (χ2v) is 5.18. The molecule has 5 heteroatoms. The molecule has 2 fully saturated rings. The van der Waals surface area contributed by atoms with Crippen molar-refractivity contribution in [1.29, 1.82) is 0 Å². The molecular formula is C13H24N2O3. The quantitative estimate of drug-likeness (QED) is 0.793. The average Bonchev–Trinajstić information content (AvgIpc) is 2.40. The fraction of sp³-hybridized carbons (Fsp3) is 0.923. The number of hydrogen-bond donors (Lipinski definition) is 1. The molecule has 1 amide bonds. The molecule has 0 aromatic heterocycles. The summed E-state index contributed by atoms with van der Waals surface area (Å²) in [4.78, 5) is 14.3. The highest BCUT2D eigenvalue weighted by Gasteiger charge is 2.30. The van der Waals surface area contributed by atoms with Crippen molar-refractivity contribution in [2.75, 3.05) is 32.9 Å². The monoisotopic (exact) mass is 256 g/mol. The number of carbonyl (C=O) groups excluding carboxylic acids is 1. The summed E-state index contributed by atoms with van der Waals surface area (Å²) in [6, 6.07) is 0.403. The van der Waals surface area contributed by atoms with Gasteiger partial charge in [0.15, 0.2) is 0 Å². The van der Waals surface area contributed by atoms with E-state index in [1.54, 1.807) is 0 Å². The van der Waals surface area contributed by atoms with Crippen LogP contribution in [0.2, 0.25) is 0 Å². The zero-order valence-corrected chi connectivity index (χ0v) is 11.4. The molecular weight excluding hydrogens is 232 g/mol. The van der Waals surface area contributed by atoms with Gasteiger partial charge in [0.25, 0.3) is 0 Å². The van der Waals surface area contributed by atoms with E-state index in [1.807, 2.05) is 11.8 Å². The highest BCUT2D eigenvalue weighted by atomic mass is 16.5. The van der Waals surface area contributed by atoms with Gasteiger partial charge in [-0.1, -0.05) is 6.92 Å². The van der Waals surface area contributed by atoms with E-state index in [4.69, 9.17) is 9.47 Å². The van der Waals surface area contributed by atoms with E-state index in [1.165, 1.54) is 0 Å². The van der Waals surface area contributed by atoms with Crippen molar-refractivity contribution in [1.82, 2.24) is 10.2 Å². The third-order valence-electron chi connectivity index (χ3n) is 3.68. The van der Waals surface area contributed by atoms with Crippen LogP contribution >= 0.6 is 0 Å². The molecule has 0 bridgehead atoms. The van der Waals surface area contributed by atoms with Gasteiger partial charge in [-0.2, -0.15) is 0 Å². The van der Waals surface area contributed by atoms with Crippen molar-refractivity contribution in [2.45, 2.75) is 44.9 Å². The number of nitrogens with zero attached hydrogens (tertiary/aromatic N) is 1. The molecule has 0 radical (unpaired) electrons. The maximum atomic E-state index is 12.4. The van der Waals surface area contributed by atoms with Gasteiger partial charge < -0.3 is 19.7 Å². The number of ether oxygens (including phenoxy) is 2. The molecule has 1 N–H and O–H groups in total. The number of morpholine rings is 2. The van der Waals surface area contributed by atoms with Gasteiger partial charge in [0, 0.05) is 25.6 Å². The second-order valence-electron chi connectivity index (χ2n) is 5.18. The predicted octanol–water partition coefficient (Wildman–Crippen LogP) is 0.391. The molecule has 2 heterocycles. The van der Waals surface area contributed by atoms with E-state index >= 15 is 0 Å². The summed E-state index contributed by atoms with van der Waals surface area (Å²) in [5.41, 5.74) is 0. The van der Waals surface area contributed by atoms with Crippen molar-refractivity contribution >= 4 is 5.91 Å². The van der Waals surface area contributed by atoms with E-state index in [9.17, 15) is 4.79 Å². The molecule has 3 unspecified atom stereocenters. The smallest absolute Gasteiger partial charge is 0.224 e. The third kappa shape index (κ3) is 3.43. The van der Waals surface area contributed by atoms with E-state index in [0.29, 0.717) is 26.2 Å². The summed E-state index contributed by atoms with van der Waals surface area (Å²) in [5.74, 6) is 0.222. The fourth-order valence-corrected chi connectivity index (χ4v) is 2.57. The number of amides is 1. The van der Waals surface area contributed by atoms with Crippen LogP contribution in [0.25, 0.3) is 0 Å². The fourth-order valence-electron chi connectivity index (χ4n) is 2.57.